The SMILES string of the molecule is CCN1CCN(c2c(CCN)c(C)nn2-c2ccccc2)CC1. The summed E-state index contributed by atoms with van der Waals surface area (Å²) in [5.74, 6) is 1.23. The van der Waals surface area contributed by atoms with Crippen LogP contribution >= 0.6 is 0 Å². The van der Waals surface area contributed by atoms with Gasteiger partial charge in [0.25, 0.3) is 0 Å². The van der Waals surface area contributed by atoms with Crippen molar-refractivity contribution in [3.8, 4) is 5.69 Å². The second kappa shape index (κ2) is 7.15. The zero-order valence-electron chi connectivity index (χ0n) is 14.2. The first-order valence-corrected chi connectivity index (χ1v) is 8.56. The van der Waals surface area contributed by atoms with E-state index in [2.05, 4.69) is 52.6 Å². The van der Waals surface area contributed by atoms with Crippen LogP contribution in [0, 0.1) is 6.92 Å². The number of benzene rings is 1. The molecule has 2 heterocycles. The standard InChI is InChI=1S/C18H27N5/c1-3-21-11-13-22(14-12-21)18-17(9-10-19)15(2)20-23(18)16-7-5-4-6-8-16/h4-8H,3,9-14,19H2,1-2H3. The molecule has 0 bridgehead atoms. The van der Waals surface area contributed by atoms with Gasteiger partial charge in [-0.25, -0.2) is 4.68 Å². The molecule has 124 valence electrons. The Bertz CT molecular complexity index is 626. The summed E-state index contributed by atoms with van der Waals surface area (Å²) in [5, 5.41) is 4.82. The van der Waals surface area contributed by atoms with Crippen molar-refractivity contribution in [2.75, 3.05) is 44.2 Å². The van der Waals surface area contributed by atoms with Crippen molar-refractivity contribution >= 4 is 5.82 Å². The van der Waals surface area contributed by atoms with Crippen LogP contribution in [0.5, 0.6) is 0 Å². The van der Waals surface area contributed by atoms with Crippen molar-refractivity contribution in [1.29, 1.82) is 0 Å². The second-order valence-electron chi connectivity index (χ2n) is 6.09. The number of aromatic nitrogens is 2. The van der Waals surface area contributed by atoms with E-state index in [1.807, 2.05) is 6.07 Å². The highest BCUT2D eigenvalue weighted by molar-refractivity contribution is 5.55. The maximum Gasteiger partial charge on any atom is 0.135 e. The van der Waals surface area contributed by atoms with Crippen molar-refractivity contribution in [3.05, 3.63) is 41.6 Å². The highest BCUT2D eigenvalue weighted by atomic mass is 15.4. The van der Waals surface area contributed by atoms with Gasteiger partial charge < -0.3 is 15.5 Å². The molecule has 1 aromatic carbocycles. The minimum absolute atomic E-state index is 0.656. The Morgan fingerprint density at radius 3 is 2.39 bits per heavy atom. The fourth-order valence-corrected chi connectivity index (χ4v) is 3.33. The molecule has 5 heteroatoms. The topological polar surface area (TPSA) is 50.3 Å². The molecule has 0 spiro atoms. The van der Waals surface area contributed by atoms with Gasteiger partial charge in [-0.05, 0) is 38.6 Å². The molecule has 0 aliphatic carbocycles. The molecule has 0 unspecified atom stereocenters. The molecule has 5 nitrogen and oxygen atoms in total. The quantitative estimate of drug-likeness (QED) is 0.915. The Morgan fingerprint density at radius 1 is 1.09 bits per heavy atom. The van der Waals surface area contributed by atoms with Gasteiger partial charge in [-0.1, -0.05) is 25.1 Å². The summed E-state index contributed by atoms with van der Waals surface area (Å²) in [5.41, 5.74) is 9.36. The third-order valence-corrected chi connectivity index (χ3v) is 4.67. The zero-order chi connectivity index (χ0) is 16.2. The number of nitrogens with zero attached hydrogens (tertiary/aromatic N) is 4. The third kappa shape index (κ3) is 3.26. The third-order valence-electron chi connectivity index (χ3n) is 4.67. The number of aryl methyl sites for hydroxylation is 1. The average Bonchev–Trinajstić information content (AvgIpc) is 2.93. The first-order chi connectivity index (χ1) is 11.2. The van der Waals surface area contributed by atoms with Crippen LogP contribution in [0.4, 0.5) is 5.82 Å². The molecule has 0 atom stereocenters. The summed E-state index contributed by atoms with van der Waals surface area (Å²) < 4.78 is 2.10. The molecular weight excluding hydrogens is 286 g/mol. The summed E-state index contributed by atoms with van der Waals surface area (Å²) in [4.78, 5) is 4.97. The van der Waals surface area contributed by atoms with E-state index in [0.29, 0.717) is 6.54 Å². The summed E-state index contributed by atoms with van der Waals surface area (Å²) in [7, 11) is 0. The van der Waals surface area contributed by atoms with Gasteiger partial charge in [-0.3, -0.25) is 0 Å². The van der Waals surface area contributed by atoms with E-state index in [-0.39, 0.29) is 0 Å². The van der Waals surface area contributed by atoms with Crippen molar-refractivity contribution < 1.29 is 0 Å². The normalized spacial score (nSPS) is 16.0. The van der Waals surface area contributed by atoms with E-state index in [4.69, 9.17) is 10.8 Å². The van der Waals surface area contributed by atoms with E-state index < -0.39 is 0 Å². The van der Waals surface area contributed by atoms with Crippen LogP contribution in [0.1, 0.15) is 18.2 Å². The van der Waals surface area contributed by atoms with Gasteiger partial charge in [0.1, 0.15) is 5.82 Å². The molecule has 1 aliphatic heterocycles. The Morgan fingerprint density at radius 2 is 1.78 bits per heavy atom. The number of anilines is 1. The fraction of sp³-hybridized carbons (Fsp3) is 0.500. The number of rotatable bonds is 5. The van der Waals surface area contributed by atoms with Gasteiger partial charge in [0.15, 0.2) is 0 Å². The van der Waals surface area contributed by atoms with Crippen LogP contribution in [0.2, 0.25) is 0 Å². The van der Waals surface area contributed by atoms with E-state index in [9.17, 15) is 0 Å². The molecule has 2 aromatic rings. The average molecular weight is 313 g/mol. The maximum atomic E-state index is 5.86. The predicted molar refractivity (Wildman–Crippen MR) is 95.4 cm³/mol. The maximum absolute atomic E-state index is 5.86. The number of likely N-dealkylation sites (N-methyl/N-ethyl adjacent to an activating group) is 1. The first kappa shape index (κ1) is 16.0. The lowest BCUT2D eigenvalue weighted by Gasteiger charge is -2.36. The predicted octanol–water partition coefficient (Wildman–Crippen LogP) is 1.82. The van der Waals surface area contributed by atoms with Gasteiger partial charge in [0.2, 0.25) is 0 Å². The molecule has 1 aromatic heterocycles. The van der Waals surface area contributed by atoms with Gasteiger partial charge in [0.05, 0.1) is 11.4 Å². The van der Waals surface area contributed by atoms with Crippen molar-refractivity contribution in [2.45, 2.75) is 20.3 Å². The molecule has 23 heavy (non-hydrogen) atoms. The molecule has 0 radical (unpaired) electrons. The molecule has 0 saturated carbocycles. The van der Waals surface area contributed by atoms with Crippen LogP contribution in [0.15, 0.2) is 30.3 Å². The molecule has 0 amide bonds. The molecular formula is C18H27N5. The minimum Gasteiger partial charge on any atom is -0.354 e. The molecule has 3 rings (SSSR count). The van der Waals surface area contributed by atoms with Crippen LogP contribution in [-0.4, -0.2) is 53.9 Å². The highest BCUT2D eigenvalue weighted by Gasteiger charge is 2.24. The summed E-state index contributed by atoms with van der Waals surface area (Å²) in [6.45, 7) is 10.4. The second-order valence-corrected chi connectivity index (χ2v) is 6.09. The van der Waals surface area contributed by atoms with Crippen LogP contribution in [0.25, 0.3) is 5.69 Å². The lowest BCUT2D eigenvalue weighted by molar-refractivity contribution is 0.270. The van der Waals surface area contributed by atoms with Crippen LogP contribution < -0.4 is 10.6 Å². The number of hydrogen-bond donors (Lipinski definition) is 1. The molecule has 1 saturated heterocycles. The Balaban J connectivity index is 1.99. The minimum atomic E-state index is 0.656. The first-order valence-electron chi connectivity index (χ1n) is 8.56. The van der Waals surface area contributed by atoms with E-state index in [1.165, 1.54) is 11.4 Å². The van der Waals surface area contributed by atoms with Gasteiger partial charge in [-0.15, -0.1) is 0 Å². The molecule has 2 N–H and O–H groups in total. The fourth-order valence-electron chi connectivity index (χ4n) is 3.33. The van der Waals surface area contributed by atoms with Crippen molar-refractivity contribution in [3.63, 3.8) is 0 Å². The lowest BCUT2D eigenvalue weighted by Crippen LogP contribution is -2.47. The largest absolute Gasteiger partial charge is 0.354 e. The van der Waals surface area contributed by atoms with Crippen LogP contribution in [-0.2, 0) is 6.42 Å². The van der Waals surface area contributed by atoms with Gasteiger partial charge >= 0.3 is 0 Å². The van der Waals surface area contributed by atoms with E-state index in [0.717, 1.165) is 50.5 Å². The monoisotopic (exact) mass is 313 g/mol. The molecule has 1 fully saturated rings. The summed E-state index contributed by atoms with van der Waals surface area (Å²) in [6, 6.07) is 10.4. The number of hydrogen-bond acceptors (Lipinski definition) is 4. The van der Waals surface area contributed by atoms with E-state index in [1.54, 1.807) is 0 Å². The van der Waals surface area contributed by atoms with Crippen LogP contribution in [0.3, 0.4) is 0 Å². The van der Waals surface area contributed by atoms with Crippen molar-refractivity contribution in [1.82, 2.24) is 14.7 Å². The highest BCUT2D eigenvalue weighted by Crippen LogP contribution is 2.28. The number of piperazine rings is 1. The summed E-state index contributed by atoms with van der Waals surface area (Å²) in [6.07, 6.45) is 0.877. The zero-order valence-corrected chi connectivity index (χ0v) is 14.2. The van der Waals surface area contributed by atoms with Crippen molar-refractivity contribution in [2.24, 2.45) is 5.73 Å². The number of para-hydroxylation sites is 1. The Kier molecular flexibility index (Phi) is 4.98. The Hall–Kier alpha value is -1.85. The van der Waals surface area contributed by atoms with E-state index >= 15 is 0 Å². The van der Waals surface area contributed by atoms with Gasteiger partial charge in [0, 0.05) is 31.7 Å². The lowest BCUT2D eigenvalue weighted by atomic mass is 10.1. The van der Waals surface area contributed by atoms with Gasteiger partial charge in [-0.2, -0.15) is 5.10 Å². The Labute approximate surface area is 138 Å². The smallest absolute Gasteiger partial charge is 0.135 e. The number of nitrogens with two attached hydrogens (primary N) is 1. The summed E-state index contributed by atoms with van der Waals surface area (Å²) >= 11 is 0. The molecule has 1 aliphatic rings.